The van der Waals surface area contributed by atoms with Gasteiger partial charge in [0.1, 0.15) is 11.6 Å². The van der Waals surface area contributed by atoms with E-state index in [9.17, 15) is 14.3 Å². The largest absolute Gasteiger partial charge is 0.378 e. The molecule has 1 aliphatic heterocycles. The molecule has 5 nitrogen and oxygen atoms in total. The van der Waals surface area contributed by atoms with Crippen LogP contribution < -0.4 is 0 Å². The number of unbranched alkanes of at least 4 members (excludes halogenated alkanes) is 1. The molecule has 1 atom stereocenters. The van der Waals surface area contributed by atoms with Crippen molar-refractivity contribution in [3.8, 4) is 0 Å². The van der Waals surface area contributed by atoms with E-state index in [1.54, 1.807) is 4.90 Å². The van der Waals surface area contributed by atoms with Gasteiger partial charge >= 0.3 is 0 Å². The lowest BCUT2D eigenvalue weighted by Crippen LogP contribution is -2.41. The number of hydrogen-bond donors (Lipinski definition) is 1. The third kappa shape index (κ3) is 4.12. The normalized spacial score (nSPS) is 16.7. The van der Waals surface area contributed by atoms with Gasteiger partial charge in [-0.15, -0.1) is 0 Å². The number of halogens is 1. The Morgan fingerprint density at radius 1 is 1.31 bits per heavy atom. The van der Waals surface area contributed by atoms with E-state index < -0.39 is 6.10 Å². The molecule has 140 valence electrons. The molecule has 1 saturated heterocycles. The number of imidazole rings is 1. The Balaban J connectivity index is 1.59. The second-order valence-corrected chi connectivity index (χ2v) is 6.89. The maximum absolute atomic E-state index is 13.0. The molecule has 26 heavy (non-hydrogen) atoms. The highest BCUT2D eigenvalue weighted by molar-refractivity contribution is 5.82. The van der Waals surface area contributed by atoms with Crippen molar-refractivity contribution < 1.29 is 14.3 Å². The summed E-state index contributed by atoms with van der Waals surface area (Å²) in [7, 11) is 0. The Bertz CT molecular complexity index is 721. The van der Waals surface area contributed by atoms with Gasteiger partial charge in [0, 0.05) is 37.9 Å². The van der Waals surface area contributed by atoms with Crippen LogP contribution in [0.3, 0.4) is 0 Å². The van der Waals surface area contributed by atoms with E-state index in [4.69, 9.17) is 0 Å². The molecule has 1 amide bonds. The van der Waals surface area contributed by atoms with Crippen molar-refractivity contribution >= 4 is 5.91 Å². The highest BCUT2D eigenvalue weighted by Crippen LogP contribution is 2.28. The van der Waals surface area contributed by atoms with Crippen LogP contribution in [0, 0.1) is 5.82 Å². The quantitative estimate of drug-likeness (QED) is 0.861. The number of amides is 1. The van der Waals surface area contributed by atoms with Gasteiger partial charge in [0.25, 0.3) is 5.91 Å². The molecule has 0 aliphatic carbocycles. The van der Waals surface area contributed by atoms with E-state index in [-0.39, 0.29) is 11.7 Å². The van der Waals surface area contributed by atoms with Crippen molar-refractivity contribution in [2.45, 2.75) is 51.2 Å². The van der Waals surface area contributed by atoms with Gasteiger partial charge in [-0.1, -0.05) is 25.5 Å². The predicted octanol–water partition coefficient (Wildman–Crippen LogP) is 3.26. The fourth-order valence-corrected chi connectivity index (χ4v) is 3.52. The van der Waals surface area contributed by atoms with Gasteiger partial charge in [0.2, 0.25) is 0 Å². The zero-order valence-electron chi connectivity index (χ0n) is 15.1. The number of aliphatic hydroxyl groups excluding tert-OH is 1. The van der Waals surface area contributed by atoms with Crippen molar-refractivity contribution in [2.24, 2.45) is 0 Å². The van der Waals surface area contributed by atoms with Crippen LogP contribution in [0.2, 0.25) is 0 Å². The third-order valence-electron chi connectivity index (χ3n) is 5.09. The van der Waals surface area contributed by atoms with Crippen LogP contribution in [0.5, 0.6) is 0 Å². The Morgan fingerprint density at radius 3 is 2.65 bits per heavy atom. The number of aliphatic hydroxyl groups is 1. The molecule has 6 heteroatoms. The van der Waals surface area contributed by atoms with Gasteiger partial charge in [-0.2, -0.15) is 0 Å². The molecule has 0 radical (unpaired) electrons. The Morgan fingerprint density at radius 2 is 2.00 bits per heavy atom. The Kier molecular flexibility index (Phi) is 6.04. The highest BCUT2D eigenvalue weighted by atomic mass is 19.1. The van der Waals surface area contributed by atoms with Crippen molar-refractivity contribution in [2.75, 3.05) is 13.1 Å². The second kappa shape index (κ2) is 8.45. The number of carbonyl (C=O) groups excluding carboxylic acids is 1. The van der Waals surface area contributed by atoms with Crippen LogP contribution >= 0.6 is 0 Å². The standard InChI is InChI=1S/C20H26FN3O2/c1-2-3-11-23-14-10-22-19(23)16-8-12-24(13-9-16)20(26)18(25)15-4-6-17(21)7-5-15/h4-7,10,14,16,18,25H,2-3,8-9,11-13H2,1H3/t18-/m0/s1. The predicted molar refractivity (Wildman–Crippen MR) is 97.0 cm³/mol. The van der Waals surface area contributed by atoms with Gasteiger partial charge in [0.15, 0.2) is 6.10 Å². The first kappa shape index (κ1) is 18.6. The van der Waals surface area contributed by atoms with E-state index in [1.165, 1.54) is 24.3 Å². The number of nitrogens with zero attached hydrogens (tertiary/aromatic N) is 3. The highest BCUT2D eigenvalue weighted by Gasteiger charge is 2.30. The van der Waals surface area contributed by atoms with E-state index >= 15 is 0 Å². The molecule has 0 unspecified atom stereocenters. The first-order valence-corrected chi connectivity index (χ1v) is 9.33. The average Bonchev–Trinajstić information content (AvgIpc) is 3.14. The van der Waals surface area contributed by atoms with Gasteiger partial charge < -0.3 is 14.6 Å². The number of rotatable bonds is 6. The monoisotopic (exact) mass is 359 g/mol. The summed E-state index contributed by atoms with van der Waals surface area (Å²) in [5.74, 6) is 0.746. The molecule has 1 fully saturated rings. The summed E-state index contributed by atoms with van der Waals surface area (Å²) in [6.07, 6.45) is 6.59. The Labute approximate surface area is 153 Å². The first-order valence-electron chi connectivity index (χ1n) is 9.33. The Hall–Kier alpha value is -2.21. The lowest BCUT2D eigenvalue weighted by molar-refractivity contribution is -0.141. The summed E-state index contributed by atoms with van der Waals surface area (Å²) in [5, 5.41) is 10.3. The van der Waals surface area contributed by atoms with Crippen LogP contribution in [-0.4, -0.2) is 38.6 Å². The van der Waals surface area contributed by atoms with Crippen molar-refractivity contribution in [3.05, 3.63) is 53.9 Å². The molecule has 1 aliphatic rings. The summed E-state index contributed by atoms with van der Waals surface area (Å²) < 4.78 is 15.2. The smallest absolute Gasteiger partial charge is 0.256 e. The minimum Gasteiger partial charge on any atom is -0.378 e. The molecule has 2 heterocycles. The van der Waals surface area contributed by atoms with Crippen LogP contribution in [0.15, 0.2) is 36.7 Å². The molecular formula is C20H26FN3O2. The van der Waals surface area contributed by atoms with E-state index in [0.29, 0.717) is 24.6 Å². The molecule has 0 saturated carbocycles. The number of piperidine rings is 1. The maximum Gasteiger partial charge on any atom is 0.256 e. The SMILES string of the molecule is CCCCn1ccnc1C1CCN(C(=O)[C@@H](O)c2ccc(F)cc2)CC1. The summed E-state index contributed by atoms with van der Waals surface area (Å²) in [4.78, 5) is 18.8. The number of carbonyl (C=O) groups is 1. The van der Waals surface area contributed by atoms with Gasteiger partial charge in [0.05, 0.1) is 0 Å². The summed E-state index contributed by atoms with van der Waals surface area (Å²) >= 11 is 0. The average molecular weight is 359 g/mol. The van der Waals surface area contributed by atoms with Gasteiger partial charge in [-0.25, -0.2) is 9.37 Å². The zero-order chi connectivity index (χ0) is 18.5. The number of likely N-dealkylation sites (tertiary alicyclic amines) is 1. The lowest BCUT2D eigenvalue weighted by atomic mass is 9.95. The number of aromatic nitrogens is 2. The number of benzene rings is 1. The lowest BCUT2D eigenvalue weighted by Gasteiger charge is -2.33. The van der Waals surface area contributed by atoms with Crippen LogP contribution in [-0.2, 0) is 11.3 Å². The molecule has 1 N–H and O–H groups in total. The minimum absolute atomic E-state index is 0.315. The van der Waals surface area contributed by atoms with Crippen molar-refractivity contribution in [3.63, 3.8) is 0 Å². The van der Waals surface area contributed by atoms with Gasteiger partial charge in [-0.3, -0.25) is 4.79 Å². The topological polar surface area (TPSA) is 58.4 Å². The van der Waals surface area contributed by atoms with Gasteiger partial charge in [-0.05, 0) is 37.0 Å². The molecule has 0 spiro atoms. The van der Waals surface area contributed by atoms with Crippen molar-refractivity contribution in [1.29, 1.82) is 0 Å². The molecule has 3 rings (SSSR count). The van der Waals surface area contributed by atoms with Crippen LogP contribution in [0.4, 0.5) is 4.39 Å². The van der Waals surface area contributed by atoms with E-state index in [1.807, 2.05) is 12.4 Å². The molecular weight excluding hydrogens is 333 g/mol. The minimum atomic E-state index is -1.24. The van der Waals surface area contributed by atoms with Crippen LogP contribution in [0.1, 0.15) is 56.0 Å². The molecule has 1 aromatic carbocycles. The third-order valence-corrected chi connectivity index (χ3v) is 5.09. The zero-order valence-corrected chi connectivity index (χ0v) is 15.1. The number of hydrogen-bond acceptors (Lipinski definition) is 3. The van der Waals surface area contributed by atoms with Crippen LogP contribution in [0.25, 0.3) is 0 Å². The summed E-state index contributed by atoms with van der Waals surface area (Å²) in [5.41, 5.74) is 0.425. The maximum atomic E-state index is 13.0. The van der Waals surface area contributed by atoms with E-state index in [0.717, 1.165) is 38.1 Å². The molecule has 1 aromatic heterocycles. The summed E-state index contributed by atoms with van der Waals surface area (Å²) in [6.45, 7) is 4.35. The fourth-order valence-electron chi connectivity index (χ4n) is 3.52. The second-order valence-electron chi connectivity index (χ2n) is 6.89. The number of aryl methyl sites for hydroxylation is 1. The fraction of sp³-hybridized carbons (Fsp3) is 0.500. The van der Waals surface area contributed by atoms with Crippen molar-refractivity contribution in [1.82, 2.24) is 14.5 Å². The molecule has 0 bridgehead atoms. The first-order chi connectivity index (χ1) is 12.6. The molecule has 2 aromatic rings. The summed E-state index contributed by atoms with van der Waals surface area (Å²) in [6, 6.07) is 5.42. The van der Waals surface area contributed by atoms with E-state index in [2.05, 4.69) is 16.5 Å².